The summed E-state index contributed by atoms with van der Waals surface area (Å²) in [5, 5.41) is 0.202. The highest BCUT2D eigenvalue weighted by Gasteiger charge is 2.73. The number of Topliss-reactive ketones (excluding diaryl/α,β-unsaturated/α-hetero) is 1. The molecule has 44 heavy (non-hydrogen) atoms. The largest absolute Gasteiger partial charge is 0.465 e. The highest BCUT2D eigenvalue weighted by Crippen LogP contribution is 2.77. The number of halogens is 1. The molecule has 1 aromatic rings. The minimum Gasteiger partial charge on any atom is -0.465 e. The predicted octanol–water partition coefficient (Wildman–Crippen LogP) is 10.5. The van der Waals surface area contributed by atoms with Crippen molar-refractivity contribution in [2.75, 3.05) is 12.5 Å². The van der Waals surface area contributed by atoms with Crippen molar-refractivity contribution in [1.29, 1.82) is 0 Å². The second-order valence-electron chi connectivity index (χ2n) is 16.8. The molecule has 1 aromatic carbocycles. The van der Waals surface area contributed by atoms with E-state index >= 15 is 0 Å². The Morgan fingerprint density at radius 2 is 1.86 bits per heavy atom. The van der Waals surface area contributed by atoms with Gasteiger partial charge >= 0.3 is 0 Å². The predicted molar refractivity (Wildman–Crippen MR) is 182 cm³/mol. The summed E-state index contributed by atoms with van der Waals surface area (Å²) in [5.74, 6) is 3.87. The third-order valence-corrected chi connectivity index (χ3v) is 19.0. The maximum Gasteiger partial charge on any atom is 0.199 e. The average molecular weight is 643 g/mol. The zero-order valence-electron chi connectivity index (χ0n) is 28.7. The molecule has 4 aliphatic carbocycles. The number of rotatable bonds is 11. The van der Waals surface area contributed by atoms with Crippen LogP contribution < -0.4 is 4.74 Å². The molecule has 4 unspecified atom stereocenters. The molecular weight excluding hydrogens is 584 g/mol. The summed E-state index contributed by atoms with van der Waals surface area (Å²) in [7, 11) is -2.00. The first-order valence-corrected chi connectivity index (χ1v) is 21.5. The van der Waals surface area contributed by atoms with Crippen molar-refractivity contribution in [2.24, 2.45) is 34.5 Å². The van der Waals surface area contributed by atoms with E-state index in [0.29, 0.717) is 46.9 Å². The summed E-state index contributed by atoms with van der Waals surface area (Å²) in [6, 6.07) is 6.42. The van der Waals surface area contributed by atoms with E-state index in [0.717, 1.165) is 69.3 Å². The second-order valence-corrected chi connectivity index (χ2v) is 21.7. The molecule has 246 valence electrons. The van der Waals surface area contributed by atoms with Gasteiger partial charge in [0.2, 0.25) is 0 Å². The van der Waals surface area contributed by atoms with E-state index in [1.807, 2.05) is 0 Å². The Balaban J connectivity index is 1.32. The van der Waals surface area contributed by atoms with E-state index in [9.17, 15) is 4.79 Å². The first-order chi connectivity index (χ1) is 20.9. The fourth-order valence-corrected chi connectivity index (χ4v) is 13.1. The van der Waals surface area contributed by atoms with Gasteiger partial charge in [-0.05, 0) is 123 Å². The number of unbranched alkanes of at least 4 members (excludes halogenated alkanes) is 2. The van der Waals surface area contributed by atoms with Gasteiger partial charge in [-0.1, -0.05) is 53.5 Å². The summed E-state index contributed by atoms with van der Waals surface area (Å²) >= 11 is 6.07. The topological polar surface area (TPSA) is 44.8 Å². The summed E-state index contributed by atoms with van der Waals surface area (Å²) in [6.45, 7) is 17.9. The Bertz CT molecular complexity index is 1200. The van der Waals surface area contributed by atoms with Gasteiger partial charge in [0.15, 0.2) is 20.4 Å². The average Bonchev–Trinajstić information content (AvgIpc) is 3.77. The van der Waals surface area contributed by atoms with Gasteiger partial charge in [0.25, 0.3) is 0 Å². The molecular formula is C38H59ClO4Si. The van der Waals surface area contributed by atoms with Gasteiger partial charge in [-0.15, -0.1) is 11.6 Å². The van der Waals surface area contributed by atoms with Crippen LogP contribution in [0.5, 0.6) is 5.75 Å². The molecule has 6 rings (SSSR count). The molecule has 1 heterocycles. The first kappa shape index (κ1) is 33.0. The minimum absolute atomic E-state index is 0.0699. The molecule has 4 fully saturated rings. The third kappa shape index (κ3) is 5.46. The zero-order valence-corrected chi connectivity index (χ0v) is 30.4. The molecule has 1 spiro atoms. The Morgan fingerprint density at radius 3 is 2.52 bits per heavy atom. The number of carbonyl (C=O) groups excluding carboxylic acids is 1. The van der Waals surface area contributed by atoms with Crippen molar-refractivity contribution in [2.45, 2.75) is 148 Å². The van der Waals surface area contributed by atoms with Crippen LogP contribution in [0, 0.1) is 34.5 Å². The molecule has 5 aliphatic rings. The van der Waals surface area contributed by atoms with Gasteiger partial charge in [-0.3, -0.25) is 4.79 Å². The number of alkyl halides is 1. The lowest BCUT2D eigenvalue weighted by atomic mass is 9.50. The minimum atomic E-state index is -2.00. The van der Waals surface area contributed by atoms with E-state index < -0.39 is 8.32 Å². The van der Waals surface area contributed by atoms with Crippen molar-refractivity contribution in [3.63, 3.8) is 0 Å². The SMILES string of the molecule is CC(C)C(C)(C)[Si](C)(C)O[C@@H]1CC2C3C(CC[C@]2(C)C12CC2)c1ccc(OC2CCCCO2)cc1C(=O)[C@H]3CCCCCCl. The van der Waals surface area contributed by atoms with Gasteiger partial charge in [-0.2, -0.15) is 0 Å². The van der Waals surface area contributed by atoms with Gasteiger partial charge in [0, 0.05) is 29.2 Å². The smallest absolute Gasteiger partial charge is 0.199 e. The Hall–Kier alpha value is -0.883. The molecule has 1 saturated heterocycles. The van der Waals surface area contributed by atoms with Crippen LogP contribution >= 0.6 is 11.6 Å². The van der Waals surface area contributed by atoms with Crippen LogP contribution in [0.4, 0.5) is 0 Å². The van der Waals surface area contributed by atoms with Crippen molar-refractivity contribution in [1.82, 2.24) is 0 Å². The molecule has 0 aromatic heterocycles. The molecule has 0 N–H and O–H groups in total. The van der Waals surface area contributed by atoms with Gasteiger partial charge in [0.1, 0.15) is 5.75 Å². The van der Waals surface area contributed by atoms with Crippen molar-refractivity contribution in [3.05, 3.63) is 29.3 Å². The number of hydrogen-bond donors (Lipinski definition) is 0. The van der Waals surface area contributed by atoms with E-state index in [2.05, 4.69) is 65.9 Å². The van der Waals surface area contributed by atoms with Gasteiger partial charge in [0.05, 0.1) is 12.7 Å². The van der Waals surface area contributed by atoms with Crippen LogP contribution in [0.1, 0.15) is 134 Å². The van der Waals surface area contributed by atoms with Crippen molar-refractivity contribution >= 4 is 25.7 Å². The molecule has 4 nitrogen and oxygen atoms in total. The highest BCUT2D eigenvalue weighted by molar-refractivity contribution is 6.74. The Morgan fingerprint density at radius 1 is 1.09 bits per heavy atom. The second kappa shape index (κ2) is 12.3. The lowest BCUT2D eigenvalue weighted by Crippen LogP contribution is -2.50. The van der Waals surface area contributed by atoms with E-state index in [-0.39, 0.29) is 22.7 Å². The normalized spacial score (nSPS) is 34.5. The summed E-state index contributed by atoms with van der Waals surface area (Å²) < 4.78 is 19.6. The number of ether oxygens (including phenoxy) is 2. The van der Waals surface area contributed by atoms with Crippen LogP contribution in [0.3, 0.4) is 0 Å². The van der Waals surface area contributed by atoms with E-state index in [1.54, 1.807) is 0 Å². The zero-order chi connectivity index (χ0) is 31.5. The maximum atomic E-state index is 14.6. The molecule has 3 saturated carbocycles. The molecule has 7 atom stereocenters. The van der Waals surface area contributed by atoms with Crippen LogP contribution in [0.25, 0.3) is 0 Å². The lowest BCUT2D eigenvalue weighted by molar-refractivity contribution is -0.105. The Labute approximate surface area is 273 Å². The standard InChI is InChI=1S/C38H59ClO4Si/c1-25(2)36(3,4)44(6,7)43-32-24-31-34-28(17-18-37(31,5)38(32)19-20-38)27-16-15-26(42-33-14-10-12-22-41-33)23-30(27)35(40)29(34)13-9-8-11-21-39/h15-16,23,25,28-29,31-34H,8-14,17-22,24H2,1-7H3/t28?,29-,31?,32+,33?,34?,37-/m0/s1. The van der Waals surface area contributed by atoms with Crippen molar-refractivity contribution < 1.29 is 18.7 Å². The van der Waals surface area contributed by atoms with Crippen LogP contribution in [-0.4, -0.2) is 39.0 Å². The van der Waals surface area contributed by atoms with E-state index in [1.165, 1.54) is 31.2 Å². The fourth-order valence-electron chi connectivity index (χ4n) is 10.1. The summed E-state index contributed by atoms with van der Waals surface area (Å²) in [5.41, 5.74) is 2.74. The number of hydrogen-bond acceptors (Lipinski definition) is 4. The number of ketones is 1. The number of fused-ring (bicyclic) bond motifs is 6. The quantitative estimate of drug-likeness (QED) is 0.137. The molecule has 0 radical (unpaired) electrons. The molecule has 1 aliphatic heterocycles. The Kier molecular flexibility index (Phi) is 9.23. The third-order valence-electron chi connectivity index (χ3n) is 14.2. The number of carbonyl (C=O) groups is 1. The highest BCUT2D eigenvalue weighted by atomic mass is 35.5. The molecule has 6 heteroatoms. The van der Waals surface area contributed by atoms with Crippen molar-refractivity contribution in [3.8, 4) is 5.75 Å². The number of benzene rings is 1. The van der Waals surface area contributed by atoms with Crippen LogP contribution in [-0.2, 0) is 9.16 Å². The van der Waals surface area contributed by atoms with Gasteiger partial charge < -0.3 is 13.9 Å². The fraction of sp³-hybridized carbons (Fsp3) is 0.816. The maximum absolute atomic E-state index is 14.6. The van der Waals surface area contributed by atoms with Crippen LogP contribution in [0.2, 0.25) is 18.1 Å². The monoisotopic (exact) mass is 642 g/mol. The molecule has 0 bridgehead atoms. The van der Waals surface area contributed by atoms with E-state index in [4.69, 9.17) is 25.5 Å². The van der Waals surface area contributed by atoms with Gasteiger partial charge in [-0.25, -0.2) is 0 Å². The lowest BCUT2D eigenvalue weighted by Gasteiger charge is -2.53. The molecule has 0 amide bonds. The first-order valence-electron chi connectivity index (χ1n) is 18.1. The van der Waals surface area contributed by atoms with Crippen LogP contribution in [0.15, 0.2) is 18.2 Å². The summed E-state index contributed by atoms with van der Waals surface area (Å²) in [4.78, 5) is 14.6. The summed E-state index contributed by atoms with van der Waals surface area (Å²) in [6.07, 6.45) is 13.6.